The highest BCUT2D eigenvalue weighted by molar-refractivity contribution is 6.25. The highest BCUT2D eigenvalue weighted by Gasteiger charge is 2.39. The normalized spacial score (nSPS) is 13.0. The van der Waals surface area contributed by atoms with Crippen LogP contribution in [0.3, 0.4) is 0 Å². The van der Waals surface area contributed by atoms with Gasteiger partial charge in [-0.05, 0) is 84.6 Å². The van der Waals surface area contributed by atoms with Crippen molar-refractivity contribution in [2.75, 3.05) is 0 Å². The van der Waals surface area contributed by atoms with Gasteiger partial charge in [-0.3, -0.25) is 4.40 Å². The van der Waals surface area contributed by atoms with Crippen LogP contribution in [-0.4, -0.2) is 14.4 Å². The lowest BCUT2D eigenvalue weighted by Crippen LogP contribution is -2.15. The topological polar surface area (TPSA) is 30.2 Å². The van der Waals surface area contributed by atoms with E-state index in [9.17, 15) is 0 Å². The molecule has 11 aromatic rings. The largest absolute Gasteiger partial charge is 0.299 e. The molecule has 0 aliphatic heterocycles. The van der Waals surface area contributed by atoms with Crippen molar-refractivity contribution < 1.29 is 0 Å². The van der Waals surface area contributed by atoms with Crippen LogP contribution in [0.1, 0.15) is 25.0 Å². The van der Waals surface area contributed by atoms with Crippen LogP contribution in [0.15, 0.2) is 200 Å². The predicted octanol–water partition coefficient (Wildman–Crippen LogP) is 14.8. The summed E-state index contributed by atoms with van der Waals surface area (Å²) in [6.07, 6.45) is 2.11. The third-order valence-corrected chi connectivity index (χ3v) is 12.8. The molecule has 0 bridgehead atoms. The minimum atomic E-state index is -0.233. The lowest BCUT2D eigenvalue weighted by Gasteiger charge is -2.23. The summed E-state index contributed by atoms with van der Waals surface area (Å²) in [5, 5.41) is 7.43. The molecule has 0 fully saturated rings. The van der Waals surface area contributed by atoms with Gasteiger partial charge in [0.15, 0.2) is 0 Å². The fourth-order valence-corrected chi connectivity index (χ4v) is 9.93. The summed E-state index contributed by atoms with van der Waals surface area (Å²) in [7, 11) is 0. The number of aromatic nitrogens is 3. The summed E-state index contributed by atoms with van der Waals surface area (Å²) in [6.45, 7) is 4.70. The zero-order valence-electron chi connectivity index (χ0n) is 33.4. The lowest BCUT2D eigenvalue weighted by molar-refractivity contribution is 0.659. The fourth-order valence-electron chi connectivity index (χ4n) is 9.93. The Bertz CT molecular complexity index is 3490. The first-order valence-electron chi connectivity index (χ1n) is 20.7. The molecule has 0 amide bonds. The molecule has 0 saturated heterocycles. The van der Waals surface area contributed by atoms with E-state index < -0.39 is 0 Å². The minimum Gasteiger partial charge on any atom is -0.299 e. The number of rotatable bonds is 5. The summed E-state index contributed by atoms with van der Waals surface area (Å²) in [6, 6.07) is 70.2. The molecule has 3 heterocycles. The molecular weight excluding hydrogens is 727 g/mol. The first kappa shape index (κ1) is 34.4. The molecule has 1 aliphatic carbocycles. The van der Waals surface area contributed by atoms with Crippen LogP contribution in [0.25, 0.3) is 105 Å². The van der Waals surface area contributed by atoms with Gasteiger partial charge in [0.05, 0.1) is 22.8 Å². The van der Waals surface area contributed by atoms with Crippen molar-refractivity contribution in [2.24, 2.45) is 0 Å². The molecule has 282 valence electrons. The van der Waals surface area contributed by atoms with Gasteiger partial charge >= 0.3 is 0 Å². The number of hydrogen-bond acceptors (Lipinski definition) is 2. The molecule has 12 rings (SSSR count). The molecule has 60 heavy (non-hydrogen) atoms. The molecule has 0 atom stereocenters. The summed E-state index contributed by atoms with van der Waals surface area (Å²) >= 11 is 0. The van der Waals surface area contributed by atoms with Crippen molar-refractivity contribution in [3.8, 4) is 67.3 Å². The number of nitrogens with zero attached hydrogens (tertiary/aromatic N) is 3. The van der Waals surface area contributed by atoms with Crippen molar-refractivity contribution >= 4 is 38.0 Å². The third-order valence-electron chi connectivity index (χ3n) is 12.8. The number of benzene rings is 8. The maximum atomic E-state index is 5.65. The summed E-state index contributed by atoms with van der Waals surface area (Å²) < 4.78 is 2.20. The van der Waals surface area contributed by atoms with E-state index in [0.29, 0.717) is 0 Å². The van der Waals surface area contributed by atoms with Crippen LogP contribution < -0.4 is 0 Å². The second kappa shape index (κ2) is 13.2. The van der Waals surface area contributed by atoms with E-state index in [1.807, 2.05) is 0 Å². The Morgan fingerprint density at radius 2 is 1.02 bits per heavy atom. The smallest absolute Gasteiger partial charge is 0.137 e. The average Bonchev–Trinajstić information content (AvgIpc) is 3.80. The molecular formula is C57H39N3. The van der Waals surface area contributed by atoms with Gasteiger partial charge in [-0.2, -0.15) is 0 Å². The molecule has 3 nitrogen and oxygen atoms in total. The van der Waals surface area contributed by atoms with Gasteiger partial charge in [0.25, 0.3) is 0 Å². The van der Waals surface area contributed by atoms with Crippen LogP contribution in [-0.2, 0) is 5.41 Å². The van der Waals surface area contributed by atoms with Gasteiger partial charge in [0, 0.05) is 39.3 Å². The van der Waals surface area contributed by atoms with E-state index in [0.717, 1.165) is 45.1 Å². The summed E-state index contributed by atoms with van der Waals surface area (Å²) in [4.78, 5) is 10.8. The molecule has 0 radical (unpaired) electrons. The second-order valence-corrected chi connectivity index (χ2v) is 16.5. The lowest BCUT2D eigenvalue weighted by atomic mass is 9.79. The predicted molar refractivity (Wildman–Crippen MR) is 250 cm³/mol. The van der Waals surface area contributed by atoms with Crippen molar-refractivity contribution in [2.45, 2.75) is 19.3 Å². The van der Waals surface area contributed by atoms with E-state index in [2.05, 4.69) is 219 Å². The molecule has 1 aliphatic rings. The SMILES string of the molecule is CC1(C)c2ccc(-c3ccc(-c4c(-c5ccc6ccccc6c5)nc5ccccn45)cc3)nc2-c2c1ccc1c(-c3ccccc3)c3ccccc3c(-c3ccccc3)c21. The molecule has 0 N–H and O–H groups in total. The van der Waals surface area contributed by atoms with Gasteiger partial charge in [0.1, 0.15) is 5.65 Å². The molecule has 8 aromatic carbocycles. The summed E-state index contributed by atoms with van der Waals surface area (Å²) in [5.74, 6) is 0. The van der Waals surface area contributed by atoms with Gasteiger partial charge in [-0.25, -0.2) is 9.97 Å². The Morgan fingerprint density at radius 1 is 0.400 bits per heavy atom. The van der Waals surface area contributed by atoms with Crippen molar-refractivity contribution in [3.05, 3.63) is 211 Å². The van der Waals surface area contributed by atoms with Crippen molar-refractivity contribution in [1.82, 2.24) is 14.4 Å². The molecule has 3 heteroatoms. The summed E-state index contributed by atoms with van der Waals surface area (Å²) in [5.41, 5.74) is 16.8. The van der Waals surface area contributed by atoms with Crippen LogP contribution in [0.5, 0.6) is 0 Å². The Balaban J connectivity index is 1.05. The van der Waals surface area contributed by atoms with Crippen LogP contribution in [0.2, 0.25) is 0 Å². The number of pyridine rings is 2. The van der Waals surface area contributed by atoms with Gasteiger partial charge in [0.2, 0.25) is 0 Å². The maximum Gasteiger partial charge on any atom is 0.137 e. The van der Waals surface area contributed by atoms with Crippen LogP contribution in [0, 0.1) is 0 Å². The first-order valence-corrected chi connectivity index (χ1v) is 20.7. The number of imidazole rings is 1. The Kier molecular flexibility index (Phi) is 7.58. The monoisotopic (exact) mass is 765 g/mol. The highest BCUT2D eigenvalue weighted by Crippen LogP contribution is 2.55. The fraction of sp³-hybridized carbons (Fsp3) is 0.0526. The zero-order valence-corrected chi connectivity index (χ0v) is 33.4. The minimum absolute atomic E-state index is 0.233. The first-order chi connectivity index (χ1) is 29.5. The Labute approximate surface area is 348 Å². The second-order valence-electron chi connectivity index (χ2n) is 16.5. The van der Waals surface area contributed by atoms with E-state index in [-0.39, 0.29) is 5.41 Å². The molecule has 0 spiro atoms. The molecule has 0 saturated carbocycles. The molecule has 3 aromatic heterocycles. The van der Waals surface area contributed by atoms with Crippen molar-refractivity contribution in [3.63, 3.8) is 0 Å². The Hall–Kier alpha value is -7.62. The standard InChI is InChI=1S/C57H39N3/c1-57(2)46-31-30-45-50(38-16-5-3-6-17-38)43-21-11-12-22-44(43)51(39-18-7-4-8-19-39)52(45)53(46)55-47(57)32-33-48(58-55)37-25-27-40(28-26-37)56-54(59-49-23-13-14-34-60(49)56)42-29-24-36-15-9-10-20-41(36)35-42/h3-35H,1-2H3. The third kappa shape index (κ3) is 5.15. The van der Waals surface area contributed by atoms with Crippen LogP contribution in [0.4, 0.5) is 0 Å². The highest BCUT2D eigenvalue weighted by atomic mass is 15.0. The van der Waals surface area contributed by atoms with Gasteiger partial charge in [-0.1, -0.05) is 184 Å². The average molecular weight is 766 g/mol. The van der Waals surface area contributed by atoms with E-state index >= 15 is 0 Å². The van der Waals surface area contributed by atoms with E-state index in [1.165, 1.54) is 71.3 Å². The number of fused-ring (bicyclic) bond motifs is 8. The van der Waals surface area contributed by atoms with Gasteiger partial charge < -0.3 is 0 Å². The maximum absolute atomic E-state index is 5.65. The quantitative estimate of drug-likeness (QED) is 0.163. The zero-order chi connectivity index (χ0) is 40.0. The van der Waals surface area contributed by atoms with E-state index in [1.54, 1.807) is 0 Å². The molecule has 0 unspecified atom stereocenters. The Morgan fingerprint density at radius 3 is 1.78 bits per heavy atom. The number of hydrogen-bond donors (Lipinski definition) is 0. The van der Waals surface area contributed by atoms with E-state index in [4.69, 9.17) is 9.97 Å². The van der Waals surface area contributed by atoms with Gasteiger partial charge in [-0.15, -0.1) is 0 Å². The van der Waals surface area contributed by atoms with Crippen LogP contribution >= 0.6 is 0 Å². The van der Waals surface area contributed by atoms with Crippen molar-refractivity contribution in [1.29, 1.82) is 0 Å².